The number of ether oxygens (including phenoxy) is 1. The smallest absolute Gasteiger partial charge is 0.542 e. The van der Waals surface area contributed by atoms with Crippen molar-refractivity contribution in [3.05, 3.63) is 40.4 Å². The van der Waals surface area contributed by atoms with E-state index in [2.05, 4.69) is 13.8 Å². The fourth-order valence-corrected chi connectivity index (χ4v) is 3.67. The van der Waals surface area contributed by atoms with E-state index in [9.17, 15) is 0 Å². The number of hydrogen-bond donors (Lipinski definition) is 0. The first-order valence-electron chi connectivity index (χ1n) is 5.65. The summed E-state index contributed by atoms with van der Waals surface area (Å²) < 4.78 is 5.59. The average molecular weight is 423 g/mol. The summed E-state index contributed by atoms with van der Waals surface area (Å²) in [6, 6.07) is 5.69. The van der Waals surface area contributed by atoms with Crippen molar-refractivity contribution in [3.8, 4) is 0 Å². The van der Waals surface area contributed by atoms with E-state index in [0.29, 0.717) is 21.2 Å². The first-order chi connectivity index (χ1) is 8.04. The van der Waals surface area contributed by atoms with Gasteiger partial charge in [0.15, 0.2) is 0 Å². The zero-order valence-electron chi connectivity index (χ0n) is 10.8. The second-order valence-corrected chi connectivity index (χ2v) is 6.77. The van der Waals surface area contributed by atoms with Crippen molar-refractivity contribution in [2.45, 2.75) is 31.0 Å². The summed E-state index contributed by atoms with van der Waals surface area (Å²) in [4.78, 5) is 0. The van der Waals surface area contributed by atoms with Crippen molar-refractivity contribution in [1.82, 2.24) is 0 Å². The Morgan fingerprint density at radius 2 is 1.94 bits per heavy atom. The molecule has 1 aliphatic heterocycles. The fraction of sp³-hybridized carbons (Fsp3) is 0.462. The van der Waals surface area contributed by atoms with Crippen LogP contribution in [0.25, 0.3) is 0 Å². The Morgan fingerprint density at radius 1 is 1.33 bits per heavy atom. The molecule has 1 aliphatic rings. The molecular formula is C13H15Cl2CsOS. The summed E-state index contributed by atoms with van der Waals surface area (Å²) >= 11 is 13.8. The summed E-state index contributed by atoms with van der Waals surface area (Å²) in [6.45, 7) is 6.25. The van der Waals surface area contributed by atoms with Crippen LogP contribution in [0.5, 0.6) is 0 Å². The Balaban J connectivity index is 0.00000162. The molecule has 2 rings (SSSR count). The van der Waals surface area contributed by atoms with Crippen molar-refractivity contribution < 1.29 is 73.6 Å². The molecule has 0 saturated carbocycles. The molecule has 3 atom stereocenters. The molecule has 1 aromatic carbocycles. The number of benzene rings is 1. The van der Waals surface area contributed by atoms with E-state index in [1.54, 1.807) is 6.07 Å². The quantitative estimate of drug-likeness (QED) is 0.691. The zero-order valence-corrected chi connectivity index (χ0v) is 19.4. The maximum absolute atomic E-state index is 6.00. The summed E-state index contributed by atoms with van der Waals surface area (Å²) in [7, 11) is 0. The van der Waals surface area contributed by atoms with E-state index < -0.39 is 0 Å². The van der Waals surface area contributed by atoms with Crippen molar-refractivity contribution in [1.29, 1.82) is 0 Å². The van der Waals surface area contributed by atoms with Gasteiger partial charge in [0.1, 0.15) is 0 Å². The Labute approximate surface area is 182 Å². The molecule has 94 valence electrons. The van der Waals surface area contributed by atoms with Crippen LogP contribution in [0.3, 0.4) is 0 Å². The molecule has 1 unspecified atom stereocenters. The summed E-state index contributed by atoms with van der Waals surface area (Å²) in [5.41, 5.74) is 1.40. The molecule has 0 radical (unpaired) electrons. The van der Waals surface area contributed by atoms with E-state index >= 15 is 0 Å². The van der Waals surface area contributed by atoms with E-state index in [1.807, 2.05) is 30.5 Å². The number of thioether (sulfide) groups is 1. The Kier molecular flexibility index (Phi) is 8.67. The minimum atomic E-state index is 0. The van der Waals surface area contributed by atoms with Crippen LogP contribution in [0.4, 0.5) is 0 Å². The molecule has 5 heteroatoms. The van der Waals surface area contributed by atoms with Gasteiger partial charge in [0.2, 0.25) is 0 Å². The third kappa shape index (κ3) is 5.51. The number of hydrogen-bond acceptors (Lipinski definition) is 2. The number of halogens is 2. The molecule has 18 heavy (non-hydrogen) atoms. The van der Waals surface area contributed by atoms with Gasteiger partial charge in [0.25, 0.3) is 0 Å². The predicted octanol–water partition coefficient (Wildman–Crippen LogP) is 2.34. The first-order valence-corrected chi connectivity index (χ1v) is 7.34. The summed E-state index contributed by atoms with van der Waals surface area (Å²) in [5.74, 6) is 0.544. The third-order valence-corrected chi connectivity index (χ3v) is 4.46. The van der Waals surface area contributed by atoms with Crippen LogP contribution >= 0.6 is 35.0 Å². The maximum atomic E-state index is 6.00. The normalized spacial score (nSPS) is 24.7. The molecular weight excluding hydrogens is 408 g/mol. The van der Waals surface area contributed by atoms with Crippen molar-refractivity contribution in [2.24, 2.45) is 5.92 Å². The van der Waals surface area contributed by atoms with E-state index in [0.717, 1.165) is 12.0 Å². The molecule has 0 bridgehead atoms. The van der Waals surface area contributed by atoms with Gasteiger partial charge < -0.3 is 4.74 Å². The Hall–Kier alpha value is 2.16. The Bertz CT molecular complexity index is 382. The van der Waals surface area contributed by atoms with Gasteiger partial charge in [-0.1, -0.05) is 30.1 Å². The molecule has 1 saturated heterocycles. The summed E-state index contributed by atoms with van der Waals surface area (Å²) in [5, 5.41) is 1.70. The molecule has 0 amide bonds. The van der Waals surface area contributed by atoms with E-state index in [-0.39, 0.29) is 74.3 Å². The maximum Gasteiger partial charge on any atom is 1.00 e. The standard InChI is InChI=1S/C13H15Cl2OS.Cs/c1-8-3-13(16-7-8)17-9(2)10-4-11(14)6-12(15)5-10;/h4-9,13H,3H2,1-2H3;/q-1;+1/t8-,9+,13?;/m1./s1. The van der Waals surface area contributed by atoms with Gasteiger partial charge in [0, 0.05) is 15.3 Å². The van der Waals surface area contributed by atoms with Gasteiger partial charge in [-0.15, -0.1) is 17.7 Å². The second-order valence-electron chi connectivity index (χ2n) is 4.40. The first kappa shape index (κ1) is 18.2. The van der Waals surface area contributed by atoms with Crippen molar-refractivity contribution >= 4 is 35.0 Å². The van der Waals surface area contributed by atoms with Crippen LogP contribution in [0, 0.1) is 12.5 Å². The van der Waals surface area contributed by atoms with Crippen LogP contribution in [-0.4, -0.2) is 5.44 Å². The van der Waals surface area contributed by atoms with E-state index in [1.165, 1.54) is 0 Å². The minimum Gasteiger partial charge on any atom is -0.542 e. The van der Waals surface area contributed by atoms with Gasteiger partial charge in [0.05, 0.1) is 5.44 Å². The van der Waals surface area contributed by atoms with Gasteiger partial charge >= 0.3 is 68.9 Å². The van der Waals surface area contributed by atoms with Crippen LogP contribution in [-0.2, 0) is 4.74 Å². The second kappa shape index (κ2) is 8.57. The predicted molar refractivity (Wildman–Crippen MR) is 75.4 cm³/mol. The molecule has 0 N–H and O–H groups in total. The van der Waals surface area contributed by atoms with Crippen LogP contribution in [0.1, 0.15) is 31.1 Å². The van der Waals surface area contributed by atoms with Gasteiger partial charge in [-0.25, -0.2) is 6.61 Å². The SMILES string of the molecule is C[C@H](SC1C[C@@H](C)[CH-]O1)c1cc(Cl)cc(Cl)c1.[Cs+]. The van der Waals surface area contributed by atoms with Gasteiger partial charge in [-0.2, -0.15) is 0 Å². The van der Waals surface area contributed by atoms with Crippen LogP contribution < -0.4 is 68.9 Å². The topological polar surface area (TPSA) is 9.23 Å². The van der Waals surface area contributed by atoms with Crippen molar-refractivity contribution in [2.75, 3.05) is 0 Å². The average Bonchev–Trinajstić information content (AvgIpc) is 2.62. The van der Waals surface area contributed by atoms with Gasteiger partial charge in [-0.05, 0) is 37.1 Å². The Morgan fingerprint density at radius 3 is 2.44 bits per heavy atom. The molecule has 0 aromatic heterocycles. The van der Waals surface area contributed by atoms with Crippen LogP contribution in [0.15, 0.2) is 18.2 Å². The van der Waals surface area contributed by atoms with E-state index in [4.69, 9.17) is 27.9 Å². The molecule has 0 aliphatic carbocycles. The molecule has 1 heterocycles. The monoisotopic (exact) mass is 422 g/mol. The molecule has 0 spiro atoms. The van der Waals surface area contributed by atoms with Crippen LogP contribution in [0.2, 0.25) is 10.0 Å². The zero-order chi connectivity index (χ0) is 12.4. The third-order valence-electron chi connectivity index (χ3n) is 2.74. The summed E-state index contributed by atoms with van der Waals surface area (Å²) in [6.07, 6.45) is 1.07. The minimum absolute atomic E-state index is 0. The van der Waals surface area contributed by atoms with Crippen molar-refractivity contribution in [3.63, 3.8) is 0 Å². The fourth-order valence-electron chi connectivity index (χ4n) is 1.84. The van der Waals surface area contributed by atoms with Gasteiger partial charge in [-0.3, -0.25) is 0 Å². The largest absolute Gasteiger partial charge is 1.00 e. The molecule has 1 fully saturated rings. The molecule has 1 aromatic rings. The molecule has 1 nitrogen and oxygen atoms in total. The number of rotatable bonds is 3.